The molecule has 5 nitrogen and oxygen atoms in total. The van der Waals surface area contributed by atoms with Crippen LogP contribution in [0.15, 0.2) is 34.7 Å². The van der Waals surface area contributed by atoms with E-state index in [1.165, 1.54) is 5.56 Å². The Kier molecular flexibility index (Phi) is 5.31. The lowest BCUT2D eigenvalue weighted by Gasteiger charge is -2.39. The molecule has 0 bridgehead atoms. The number of ether oxygens (including phenoxy) is 1. The SMILES string of the molecule is CC(C)Cc1nnc(C(C)N2CC(C)OC(c3ccccc3)C2)o1. The van der Waals surface area contributed by atoms with Gasteiger partial charge in [-0.25, -0.2) is 0 Å². The molecule has 130 valence electrons. The van der Waals surface area contributed by atoms with Crippen LogP contribution < -0.4 is 0 Å². The predicted molar refractivity (Wildman–Crippen MR) is 92.6 cm³/mol. The maximum absolute atomic E-state index is 6.14. The van der Waals surface area contributed by atoms with E-state index in [4.69, 9.17) is 9.15 Å². The van der Waals surface area contributed by atoms with Crippen LogP contribution in [0.1, 0.15) is 57.2 Å². The molecule has 3 rings (SSSR count). The number of aromatic nitrogens is 2. The van der Waals surface area contributed by atoms with Gasteiger partial charge in [0, 0.05) is 19.5 Å². The van der Waals surface area contributed by atoms with Crippen molar-refractivity contribution >= 4 is 0 Å². The number of morpholine rings is 1. The van der Waals surface area contributed by atoms with Gasteiger partial charge in [-0.05, 0) is 25.3 Å². The van der Waals surface area contributed by atoms with Crippen LogP contribution in [0.5, 0.6) is 0 Å². The topological polar surface area (TPSA) is 51.4 Å². The molecule has 1 fully saturated rings. The van der Waals surface area contributed by atoms with Crippen molar-refractivity contribution < 1.29 is 9.15 Å². The second-order valence-electron chi connectivity index (χ2n) is 7.11. The van der Waals surface area contributed by atoms with Gasteiger partial charge in [0.1, 0.15) is 0 Å². The van der Waals surface area contributed by atoms with Crippen LogP contribution in [-0.4, -0.2) is 34.3 Å². The van der Waals surface area contributed by atoms with Crippen LogP contribution in [0.2, 0.25) is 0 Å². The Morgan fingerprint density at radius 2 is 1.88 bits per heavy atom. The molecule has 3 atom stereocenters. The summed E-state index contributed by atoms with van der Waals surface area (Å²) in [4.78, 5) is 2.37. The van der Waals surface area contributed by atoms with Gasteiger partial charge >= 0.3 is 0 Å². The molecule has 5 heteroatoms. The molecule has 0 aliphatic carbocycles. The summed E-state index contributed by atoms with van der Waals surface area (Å²) in [6, 6.07) is 10.5. The van der Waals surface area contributed by atoms with Gasteiger partial charge in [0.15, 0.2) is 0 Å². The quantitative estimate of drug-likeness (QED) is 0.835. The van der Waals surface area contributed by atoms with E-state index in [1.54, 1.807) is 0 Å². The third-order valence-corrected chi connectivity index (χ3v) is 4.43. The lowest BCUT2D eigenvalue weighted by molar-refractivity contribution is -0.0919. The lowest BCUT2D eigenvalue weighted by Crippen LogP contribution is -2.44. The summed E-state index contributed by atoms with van der Waals surface area (Å²) in [5.41, 5.74) is 1.22. The molecule has 1 aromatic carbocycles. The van der Waals surface area contributed by atoms with E-state index in [0.29, 0.717) is 11.8 Å². The summed E-state index contributed by atoms with van der Waals surface area (Å²) in [5.74, 6) is 1.94. The zero-order chi connectivity index (χ0) is 17.1. The smallest absolute Gasteiger partial charge is 0.233 e. The highest BCUT2D eigenvalue weighted by Crippen LogP contribution is 2.30. The summed E-state index contributed by atoms with van der Waals surface area (Å²) < 4.78 is 12.0. The molecular weight excluding hydrogens is 302 g/mol. The van der Waals surface area contributed by atoms with E-state index in [0.717, 1.165) is 25.4 Å². The molecule has 2 aromatic rings. The van der Waals surface area contributed by atoms with Crippen molar-refractivity contribution in [3.8, 4) is 0 Å². The number of nitrogens with zero attached hydrogens (tertiary/aromatic N) is 3. The fraction of sp³-hybridized carbons (Fsp3) is 0.579. The zero-order valence-corrected chi connectivity index (χ0v) is 15.0. The monoisotopic (exact) mass is 329 g/mol. The molecule has 0 spiro atoms. The summed E-state index contributed by atoms with van der Waals surface area (Å²) >= 11 is 0. The molecule has 0 amide bonds. The fourth-order valence-corrected chi connectivity index (χ4v) is 3.18. The van der Waals surface area contributed by atoms with Gasteiger partial charge in [-0.2, -0.15) is 0 Å². The van der Waals surface area contributed by atoms with Crippen molar-refractivity contribution in [2.24, 2.45) is 5.92 Å². The first-order valence-electron chi connectivity index (χ1n) is 8.79. The second kappa shape index (κ2) is 7.45. The van der Waals surface area contributed by atoms with Crippen molar-refractivity contribution in [2.75, 3.05) is 13.1 Å². The third-order valence-electron chi connectivity index (χ3n) is 4.43. The number of hydrogen-bond donors (Lipinski definition) is 0. The summed E-state index contributed by atoms with van der Waals surface area (Å²) in [6.07, 6.45) is 1.08. The lowest BCUT2D eigenvalue weighted by atomic mass is 10.1. The van der Waals surface area contributed by atoms with Crippen LogP contribution in [0.3, 0.4) is 0 Å². The Hall–Kier alpha value is -1.72. The maximum atomic E-state index is 6.14. The van der Waals surface area contributed by atoms with Gasteiger partial charge < -0.3 is 9.15 Å². The van der Waals surface area contributed by atoms with Gasteiger partial charge in [0.25, 0.3) is 0 Å². The first-order valence-corrected chi connectivity index (χ1v) is 8.79. The molecule has 24 heavy (non-hydrogen) atoms. The van der Waals surface area contributed by atoms with Gasteiger partial charge in [0.05, 0.1) is 18.2 Å². The van der Waals surface area contributed by atoms with Crippen LogP contribution in [-0.2, 0) is 11.2 Å². The Balaban J connectivity index is 1.71. The minimum atomic E-state index is 0.0791. The molecule has 0 saturated carbocycles. The highest BCUT2D eigenvalue weighted by atomic mass is 16.5. The third kappa shape index (κ3) is 4.02. The van der Waals surface area contributed by atoms with Crippen LogP contribution in [0, 0.1) is 5.92 Å². The standard InChI is InChI=1S/C19H27N3O2/c1-13(2)10-18-20-21-19(24-18)15(4)22-11-14(3)23-17(12-22)16-8-6-5-7-9-16/h5-9,13-15,17H,10-12H2,1-4H3. The molecule has 0 N–H and O–H groups in total. The minimum Gasteiger partial charge on any atom is -0.424 e. The van der Waals surface area contributed by atoms with E-state index in [-0.39, 0.29) is 18.2 Å². The highest BCUT2D eigenvalue weighted by Gasteiger charge is 2.31. The predicted octanol–water partition coefficient (Wildman–Crippen LogP) is 3.79. The first kappa shape index (κ1) is 17.1. The Bertz CT molecular complexity index is 641. The summed E-state index contributed by atoms with van der Waals surface area (Å²) in [7, 11) is 0. The summed E-state index contributed by atoms with van der Waals surface area (Å²) in [5, 5.41) is 8.46. The van der Waals surface area contributed by atoms with Crippen molar-refractivity contribution in [3.05, 3.63) is 47.7 Å². The Morgan fingerprint density at radius 3 is 2.58 bits per heavy atom. The summed E-state index contributed by atoms with van der Waals surface area (Å²) in [6.45, 7) is 10.3. The van der Waals surface area contributed by atoms with Crippen LogP contribution in [0.4, 0.5) is 0 Å². The first-order chi connectivity index (χ1) is 11.5. The van der Waals surface area contributed by atoms with E-state index >= 15 is 0 Å². The van der Waals surface area contributed by atoms with Crippen molar-refractivity contribution in [2.45, 2.75) is 52.4 Å². The highest BCUT2D eigenvalue weighted by molar-refractivity contribution is 5.18. The normalized spacial score (nSPS) is 23.5. The Morgan fingerprint density at radius 1 is 1.12 bits per heavy atom. The average molecular weight is 329 g/mol. The van der Waals surface area contributed by atoms with Gasteiger partial charge in [-0.15, -0.1) is 10.2 Å². The molecule has 1 aliphatic heterocycles. The van der Waals surface area contributed by atoms with Crippen molar-refractivity contribution in [1.82, 2.24) is 15.1 Å². The van der Waals surface area contributed by atoms with E-state index in [1.807, 2.05) is 6.07 Å². The molecule has 2 heterocycles. The van der Waals surface area contributed by atoms with E-state index in [2.05, 4.69) is 67.1 Å². The van der Waals surface area contributed by atoms with E-state index < -0.39 is 0 Å². The molecule has 3 unspecified atom stereocenters. The van der Waals surface area contributed by atoms with Crippen LogP contribution in [0.25, 0.3) is 0 Å². The molecule has 1 aromatic heterocycles. The molecule has 1 aliphatic rings. The average Bonchev–Trinajstić information content (AvgIpc) is 3.02. The second-order valence-corrected chi connectivity index (χ2v) is 7.11. The fourth-order valence-electron chi connectivity index (χ4n) is 3.18. The molecular formula is C19H27N3O2. The largest absolute Gasteiger partial charge is 0.424 e. The number of rotatable bonds is 5. The van der Waals surface area contributed by atoms with Gasteiger partial charge in [-0.1, -0.05) is 44.2 Å². The molecule has 0 radical (unpaired) electrons. The maximum Gasteiger partial charge on any atom is 0.233 e. The minimum absolute atomic E-state index is 0.0791. The van der Waals surface area contributed by atoms with Crippen molar-refractivity contribution in [1.29, 1.82) is 0 Å². The number of hydrogen-bond acceptors (Lipinski definition) is 5. The van der Waals surface area contributed by atoms with Crippen molar-refractivity contribution in [3.63, 3.8) is 0 Å². The van der Waals surface area contributed by atoms with Gasteiger partial charge in [0.2, 0.25) is 11.8 Å². The van der Waals surface area contributed by atoms with Gasteiger partial charge in [-0.3, -0.25) is 4.90 Å². The van der Waals surface area contributed by atoms with E-state index in [9.17, 15) is 0 Å². The van der Waals surface area contributed by atoms with Crippen LogP contribution >= 0.6 is 0 Å². The number of benzene rings is 1. The zero-order valence-electron chi connectivity index (χ0n) is 15.0. The Labute approximate surface area is 144 Å². The molecule has 1 saturated heterocycles.